The normalized spacial score (nSPS) is 23.0. The van der Waals surface area contributed by atoms with E-state index in [1.54, 1.807) is 0 Å². The summed E-state index contributed by atoms with van der Waals surface area (Å²) in [5.74, 6) is 1.44. The standard InChI is InChI=1S/C21H35N3O.ClH/c1-5-10-21(4,22)20(25)23-12-18-8-6-7-9-19(18)15-24-13-16(2)11-17(3)14-24;/h6-9,16-17H,5,10-15,22H2,1-4H3,(H,23,25);1H. The second-order valence-electron chi connectivity index (χ2n) is 8.26. The first-order valence-corrected chi connectivity index (χ1v) is 9.68. The third-order valence-corrected chi connectivity index (χ3v) is 5.18. The fourth-order valence-electron chi connectivity index (χ4n) is 4.06. The van der Waals surface area contributed by atoms with Crippen molar-refractivity contribution in [3.8, 4) is 0 Å². The van der Waals surface area contributed by atoms with Crippen LogP contribution in [0.15, 0.2) is 24.3 Å². The van der Waals surface area contributed by atoms with Gasteiger partial charge in [-0.15, -0.1) is 12.4 Å². The van der Waals surface area contributed by atoms with E-state index in [0.29, 0.717) is 13.0 Å². The van der Waals surface area contributed by atoms with Crippen LogP contribution in [0.2, 0.25) is 0 Å². The quantitative estimate of drug-likeness (QED) is 0.756. The number of likely N-dealkylation sites (tertiary alicyclic amines) is 1. The molecule has 1 aromatic carbocycles. The molecule has 0 aliphatic carbocycles. The average Bonchev–Trinajstić information content (AvgIpc) is 2.52. The van der Waals surface area contributed by atoms with Gasteiger partial charge < -0.3 is 11.1 Å². The first-order valence-electron chi connectivity index (χ1n) is 9.68. The van der Waals surface area contributed by atoms with Crippen LogP contribution in [0.5, 0.6) is 0 Å². The van der Waals surface area contributed by atoms with Crippen LogP contribution in [0.3, 0.4) is 0 Å². The Kier molecular flexibility index (Phi) is 9.08. The molecular weight excluding hydrogens is 346 g/mol. The molecule has 1 fully saturated rings. The number of piperidine rings is 1. The summed E-state index contributed by atoms with van der Waals surface area (Å²) in [5.41, 5.74) is 7.84. The molecule has 3 atom stereocenters. The molecule has 1 aliphatic heterocycles. The van der Waals surface area contributed by atoms with Crippen LogP contribution < -0.4 is 11.1 Å². The minimum Gasteiger partial charge on any atom is -0.350 e. The van der Waals surface area contributed by atoms with Gasteiger partial charge in [0.05, 0.1) is 5.54 Å². The van der Waals surface area contributed by atoms with Crippen molar-refractivity contribution in [2.75, 3.05) is 13.1 Å². The number of carbonyl (C=O) groups is 1. The molecule has 0 saturated carbocycles. The van der Waals surface area contributed by atoms with Crippen LogP contribution >= 0.6 is 12.4 Å². The number of nitrogens with zero attached hydrogens (tertiary/aromatic N) is 1. The van der Waals surface area contributed by atoms with Crippen LogP contribution in [0, 0.1) is 11.8 Å². The van der Waals surface area contributed by atoms with Crippen molar-refractivity contribution in [1.82, 2.24) is 10.2 Å². The SMILES string of the molecule is CCCC(C)(N)C(=O)NCc1ccccc1CN1CC(C)CC(C)C1.Cl. The topological polar surface area (TPSA) is 58.4 Å². The molecular formula is C21H36ClN3O. The minimum absolute atomic E-state index is 0. The van der Waals surface area contributed by atoms with Crippen molar-refractivity contribution in [3.63, 3.8) is 0 Å². The van der Waals surface area contributed by atoms with E-state index in [4.69, 9.17) is 5.73 Å². The van der Waals surface area contributed by atoms with E-state index in [1.807, 2.05) is 19.9 Å². The first kappa shape index (κ1) is 22.9. The van der Waals surface area contributed by atoms with Crippen LogP contribution in [0.4, 0.5) is 0 Å². The van der Waals surface area contributed by atoms with E-state index in [9.17, 15) is 4.79 Å². The van der Waals surface area contributed by atoms with Crippen LogP contribution in [-0.4, -0.2) is 29.4 Å². The van der Waals surface area contributed by atoms with E-state index >= 15 is 0 Å². The Labute approximate surface area is 165 Å². The van der Waals surface area contributed by atoms with E-state index in [2.05, 4.69) is 42.3 Å². The number of hydrogen-bond acceptors (Lipinski definition) is 3. The predicted octanol–water partition coefficient (Wildman–Crippen LogP) is 3.72. The van der Waals surface area contributed by atoms with Gasteiger partial charge in [0.15, 0.2) is 0 Å². The van der Waals surface area contributed by atoms with Crippen molar-refractivity contribution < 1.29 is 4.79 Å². The van der Waals surface area contributed by atoms with Gasteiger partial charge in [-0.05, 0) is 42.7 Å². The second-order valence-corrected chi connectivity index (χ2v) is 8.26. The Morgan fingerprint density at radius 1 is 1.23 bits per heavy atom. The second kappa shape index (κ2) is 10.3. The highest BCUT2D eigenvalue weighted by Gasteiger charge is 2.27. The maximum atomic E-state index is 12.4. The van der Waals surface area contributed by atoms with Crippen LogP contribution in [-0.2, 0) is 17.9 Å². The van der Waals surface area contributed by atoms with Gasteiger partial charge in [-0.1, -0.05) is 51.5 Å². The molecule has 3 N–H and O–H groups in total. The van der Waals surface area contributed by atoms with Crippen molar-refractivity contribution in [2.45, 2.75) is 65.6 Å². The predicted molar refractivity (Wildman–Crippen MR) is 111 cm³/mol. The molecule has 2 rings (SSSR count). The molecule has 148 valence electrons. The summed E-state index contributed by atoms with van der Waals surface area (Å²) in [4.78, 5) is 14.9. The Morgan fingerprint density at radius 3 is 2.38 bits per heavy atom. The highest BCUT2D eigenvalue weighted by atomic mass is 35.5. The Morgan fingerprint density at radius 2 is 1.81 bits per heavy atom. The molecule has 1 aromatic rings. The molecule has 3 unspecified atom stereocenters. The molecule has 0 radical (unpaired) electrons. The third kappa shape index (κ3) is 6.57. The zero-order valence-corrected chi connectivity index (χ0v) is 17.6. The summed E-state index contributed by atoms with van der Waals surface area (Å²) in [6, 6.07) is 8.42. The number of carbonyl (C=O) groups excluding carboxylic acids is 1. The van der Waals surface area contributed by atoms with Gasteiger partial charge in [-0.25, -0.2) is 0 Å². The van der Waals surface area contributed by atoms with Crippen LogP contribution in [0.25, 0.3) is 0 Å². The zero-order chi connectivity index (χ0) is 18.4. The summed E-state index contributed by atoms with van der Waals surface area (Å²) in [5, 5.41) is 3.04. The number of rotatable bonds is 7. The van der Waals surface area contributed by atoms with E-state index in [1.165, 1.54) is 17.5 Å². The summed E-state index contributed by atoms with van der Waals surface area (Å²) in [7, 11) is 0. The van der Waals surface area contributed by atoms with Gasteiger partial charge in [0.25, 0.3) is 0 Å². The summed E-state index contributed by atoms with van der Waals surface area (Å²) >= 11 is 0. The van der Waals surface area contributed by atoms with Crippen molar-refractivity contribution >= 4 is 18.3 Å². The molecule has 1 amide bonds. The average molecular weight is 382 g/mol. The number of halogens is 1. The van der Waals surface area contributed by atoms with Gasteiger partial charge in [-0.2, -0.15) is 0 Å². The number of amides is 1. The minimum atomic E-state index is -0.790. The van der Waals surface area contributed by atoms with E-state index < -0.39 is 5.54 Å². The molecule has 1 heterocycles. The molecule has 26 heavy (non-hydrogen) atoms. The molecule has 5 heteroatoms. The lowest BCUT2D eigenvalue weighted by Gasteiger charge is -2.35. The molecule has 0 spiro atoms. The van der Waals surface area contributed by atoms with Gasteiger partial charge >= 0.3 is 0 Å². The maximum absolute atomic E-state index is 12.4. The van der Waals surface area contributed by atoms with Gasteiger partial charge in [0.2, 0.25) is 5.91 Å². The molecule has 1 aliphatic rings. The lowest BCUT2D eigenvalue weighted by Crippen LogP contribution is -2.51. The maximum Gasteiger partial charge on any atom is 0.240 e. The van der Waals surface area contributed by atoms with Crippen molar-refractivity contribution in [2.24, 2.45) is 17.6 Å². The Bertz CT molecular complexity index is 566. The number of hydrogen-bond donors (Lipinski definition) is 2. The highest BCUT2D eigenvalue weighted by Crippen LogP contribution is 2.23. The third-order valence-electron chi connectivity index (χ3n) is 5.18. The molecule has 1 saturated heterocycles. The largest absolute Gasteiger partial charge is 0.350 e. The highest BCUT2D eigenvalue weighted by molar-refractivity contribution is 5.85. The zero-order valence-electron chi connectivity index (χ0n) is 16.8. The summed E-state index contributed by atoms with van der Waals surface area (Å²) in [6.07, 6.45) is 2.92. The fourth-order valence-corrected chi connectivity index (χ4v) is 4.06. The Hall–Kier alpha value is -1.10. The van der Waals surface area contributed by atoms with Crippen molar-refractivity contribution in [1.29, 1.82) is 0 Å². The summed E-state index contributed by atoms with van der Waals surface area (Å²) < 4.78 is 0. The lowest BCUT2D eigenvalue weighted by atomic mass is 9.91. The fraction of sp³-hybridized carbons (Fsp3) is 0.667. The summed E-state index contributed by atoms with van der Waals surface area (Å²) in [6.45, 7) is 12.3. The van der Waals surface area contributed by atoms with Crippen molar-refractivity contribution in [3.05, 3.63) is 35.4 Å². The molecule has 0 aromatic heterocycles. The monoisotopic (exact) mass is 381 g/mol. The van der Waals surface area contributed by atoms with E-state index in [0.717, 1.165) is 37.9 Å². The molecule has 4 nitrogen and oxygen atoms in total. The number of benzene rings is 1. The Balaban J connectivity index is 0.00000338. The number of nitrogens with two attached hydrogens (primary N) is 1. The van der Waals surface area contributed by atoms with Crippen LogP contribution in [0.1, 0.15) is 58.1 Å². The van der Waals surface area contributed by atoms with E-state index in [-0.39, 0.29) is 18.3 Å². The smallest absolute Gasteiger partial charge is 0.240 e. The first-order chi connectivity index (χ1) is 11.8. The van der Waals surface area contributed by atoms with Gasteiger partial charge in [-0.3, -0.25) is 9.69 Å². The number of nitrogens with one attached hydrogen (secondary N) is 1. The molecule has 0 bridgehead atoms. The lowest BCUT2D eigenvalue weighted by molar-refractivity contribution is -0.126. The van der Waals surface area contributed by atoms with Gasteiger partial charge in [0.1, 0.15) is 0 Å². The van der Waals surface area contributed by atoms with Gasteiger partial charge in [0, 0.05) is 26.2 Å².